The molecule has 0 bridgehead atoms. The lowest BCUT2D eigenvalue weighted by molar-refractivity contribution is 0.504. The zero-order chi connectivity index (χ0) is 6.69. The van der Waals surface area contributed by atoms with Gasteiger partial charge in [0.2, 0.25) is 0 Å². The van der Waals surface area contributed by atoms with Crippen LogP contribution in [0.3, 0.4) is 0 Å². The van der Waals surface area contributed by atoms with Crippen LogP contribution in [0.1, 0.15) is 39.0 Å². The van der Waals surface area contributed by atoms with Crippen LogP contribution >= 0.6 is 12.6 Å². The van der Waals surface area contributed by atoms with Crippen LogP contribution in [-0.4, -0.2) is 5.25 Å². The Morgan fingerprint density at radius 3 is 2.44 bits per heavy atom. The molecule has 0 aromatic carbocycles. The van der Waals surface area contributed by atoms with E-state index in [9.17, 15) is 0 Å². The fourth-order valence-electron chi connectivity index (χ4n) is 1.73. The molecular weight excluding hydrogens is 128 g/mol. The molecule has 1 unspecified atom stereocenters. The predicted molar refractivity (Wildman–Crippen MR) is 45.0 cm³/mol. The zero-order valence-corrected chi connectivity index (χ0v) is 7.03. The van der Waals surface area contributed by atoms with E-state index in [1.54, 1.807) is 0 Å². The Morgan fingerprint density at radius 2 is 2.00 bits per heavy atom. The molecule has 9 heavy (non-hydrogen) atoms. The summed E-state index contributed by atoms with van der Waals surface area (Å²) >= 11 is 4.37. The molecular formula is C8H16S. The van der Waals surface area contributed by atoms with E-state index in [4.69, 9.17) is 0 Å². The van der Waals surface area contributed by atoms with Crippen molar-refractivity contribution in [3.8, 4) is 0 Å². The maximum atomic E-state index is 4.37. The van der Waals surface area contributed by atoms with E-state index in [1.807, 2.05) is 0 Å². The molecule has 0 saturated heterocycles. The van der Waals surface area contributed by atoms with Gasteiger partial charge in [0.05, 0.1) is 0 Å². The largest absolute Gasteiger partial charge is 0.176 e. The van der Waals surface area contributed by atoms with Gasteiger partial charge in [0, 0.05) is 0 Å². The van der Waals surface area contributed by atoms with Crippen molar-refractivity contribution in [3.63, 3.8) is 0 Å². The van der Waals surface area contributed by atoms with Crippen molar-refractivity contribution in [1.82, 2.24) is 0 Å². The molecule has 0 radical (unpaired) electrons. The van der Waals surface area contributed by atoms with Crippen LogP contribution in [0.15, 0.2) is 0 Å². The second-order valence-electron chi connectivity index (χ2n) is 3.24. The summed E-state index contributed by atoms with van der Waals surface area (Å²) in [5, 5.41) is 0.619. The van der Waals surface area contributed by atoms with Crippen LogP contribution in [0.25, 0.3) is 0 Å². The average molecular weight is 144 g/mol. The van der Waals surface area contributed by atoms with Gasteiger partial charge in [-0.1, -0.05) is 32.6 Å². The summed E-state index contributed by atoms with van der Waals surface area (Å²) in [5.41, 5.74) is 0. The van der Waals surface area contributed by atoms with E-state index < -0.39 is 0 Å². The first-order chi connectivity index (χ1) is 4.29. The molecule has 0 nitrogen and oxygen atoms in total. The lowest BCUT2D eigenvalue weighted by Crippen LogP contribution is -2.00. The molecule has 1 heteroatoms. The lowest BCUT2D eigenvalue weighted by Gasteiger charge is -2.09. The van der Waals surface area contributed by atoms with Crippen LogP contribution in [0.2, 0.25) is 0 Å². The highest BCUT2D eigenvalue weighted by atomic mass is 32.1. The van der Waals surface area contributed by atoms with Gasteiger partial charge in [-0.05, 0) is 17.6 Å². The lowest BCUT2D eigenvalue weighted by atomic mass is 10.0. The Labute approximate surface area is 63.4 Å². The Kier molecular flexibility index (Phi) is 2.90. The smallest absolute Gasteiger partial charge is 0.000895 e. The third-order valence-electron chi connectivity index (χ3n) is 2.15. The maximum Gasteiger partial charge on any atom is -0.000895 e. The summed E-state index contributed by atoms with van der Waals surface area (Å²) in [6.07, 6.45) is 7.19. The molecule has 0 aromatic rings. The van der Waals surface area contributed by atoms with E-state index in [0.717, 1.165) is 5.92 Å². The number of rotatable bonds is 2. The first kappa shape index (κ1) is 7.46. The molecule has 54 valence electrons. The predicted octanol–water partition coefficient (Wildman–Crippen LogP) is 2.89. The molecule has 1 aliphatic carbocycles. The molecule has 0 aliphatic heterocycles. The van der Waals surface area contributed by atoms with Crippen LogP contribution in [0, 0.1) is 5.92 Å². The van der Waals surface area contributed by atoms with E-state index in [2.05, 4.69) is 19.6 Å². The fourth-order valence-corrected chi connectivity index (χ4v) is 2.03. The van der Waals surface area contributed by atoms with Crippen LogP contribution in [-0.2, 0) is 0 Å². The Morgan fingerprint density at radius 1 is 1.44 bits per heavy atom. The third-order valence-corrected chi connectivity index (χ3v) is 2.36. The van der Waals surface area contributed by atoms with Gasteiger partial charge < -0.3 is 0 Å². The van der Waals surface area contributed by atoms with Gasteiger partial charge in [0.15, 0.2) is 0 Å². The summed E-state index contributed by atoms with van der Waals surface area (Å²) in [6.45, 7) is 2.20. The first-order valence-electron chi connectivity index (χ1n) is 3.97. The average Bonchev–Trinajstić information content (AvgIpc) is 2.15. The van der Waals surface area contributed by atoms with Crippen LogP contribution < -0.4 is 0 Å². The van der Waals surface area contributed by atoms with Crippen molar-refractivity contribution in [2.75, 3.05) is 0 Å². The second-order valence-corrected chi connectivity index (χ2v) is 4.12. The number of thiol groups is 1. The van der Waals surface area contributed by atoms with E-state index in [-0.39, 0.29) is 0 Å². The number of hydrogen-bond acceptors (Lipinski definition) is 1. The molecule has 0 spiro atoms. The summed E-state index contributed by atoms with van der Waals surface area (Å²) in [7, 11) is 0. The van der Waals surface area contributed by atoms with Crippen molar-refractivity contribution < 1.29 is 0 Å². The Bertz CT molecular complexity index is 72.6. The van der Waals surface area contributed by atoms with Gasteiger partial charge in [0.1, 0.15) is 0 Å². The molecule has 0 amide bonds. The highest BCUT2D eigenvalue weighted by Gasteiger charge is 2.15. The van der Waals surface area contributed by atoms with Gasteiger partial charge in [-0.25, -0.2) is 0 Å². The van der Waals surface area contributed by atoms with Crippen molar-refractivity contribution >= 4 is 12.6 Å². The minimum Gasteiger partial charge on any atom is -0.176 e. The first-order valence-corrected chi connectivity index (χ1v) is 4.48. The second kappa shape index (κ2) is 3.50. The van der Waals surface area contributed by atoms with E-state index >= 15 is 0 Å². The van der Waals surface area contributed by atoms with Crippen molar-refractivity contribution in [2.24, 2.45) is 5.92 Å². The quantitative estimate of drug-likeness (QED) is 0.566. The summed E-state index contributed by atoms with van der Waals surface area (Å²) in [5.74, 6) is 1.01. The minimum absolute atomic E-state index is 0.619. The Balaban J connectivity index is 2.11. The van der Waals surface area contributed by atoms with Crippen LogP contribution in [0.4, 0.5) is 0 Å². The van der Waals surface area contributed by atoms with Gasteiger partial charge in [-0.2, -0.15) is 12.6 Å². The SMILES string of the molecule is CC(S)CC1CCCC1. The molecule has 1 rings (SSSR count). The number of hydrogen-bond donors (Lipinski definition) is 1. The van der Waals surface area contributed by atoms with E-state index in [1.165, 1.54) is 32.1 Å². The van der Waals surface area contributed by atoms with E-state index in [0.29, 0.717) is 5.25 Å². The van der Waals surface area contributed by atoms with Gasteiger partial charge in [-0.15, -0.1) is 0 Å². The van der Waals surface area contributed by atoms with Gasteiger partial charge in [-0.3, -0.25) is 0 Å². The van der Waals surface area contributed by atoms with Crippen molar-refractivity contribution in [2.45, 2.75) is 44.3 Å². The normalized spacial score (nSPS) is 24.7. The molecule has 0 N–H and O–H groups in total. The monoisotopic (exact) mass is 144 g/mol. The third kappa shape index (κ3) is 2.61. The molecule has 1 aliphatic rings. The highest BCUT2D eigenvalue weighted by molar-refractivity contribution is 7.80. The van der Waals surface area contributed by atoms with Crippen LogP contribution in [0.5, 0.6) is 0 Å². The molecule has 1 fully saturated rings. The molecule has 0 heterocycles. The summed E-state index contributed by atoms with van der Waals surface area (Å²) in [6, 6.07) is 0. The fraction of sp³-hybridized carbons (Fsp3) is 1.00. The molecule has 1 saturated carbocycles. The molecule has 0 aromatic heterocycles. The summed E-state index contributed by atoms with van der Waals surface area (Å²) in [4.78, 5) is 0. The maximum absolute atomic E-state index is 4.37. The zero-order valence-electron chi connectivity index (χ0n) is 6.14. The Hall–Kier alpha value is 0.350. The van der Waals surface area contributed by atoms with Gasteiger partial charge >= 0.3 is 0 Å². The highest BCUT2D eigenvalue weighted by Crippen LogP contribution is 2.29. The van der Waals surface area contributed by atoms with Gasteiger partial charge in [0.25, 0.3) is 0 Å². The summed E-state index contributed by atoms with van der Waals surface area (Å²) < 4.78 is 0. The topological polar surface area (TPSA) is 0 Å². The standard InChI is InChI=1S/C8H16S/c1-7(9)6-8-4-2-3-5-8/h7-9H,2-6H2,1H3. The minimum atomic E-state index is 0.619. The van der Waals surface area contributed by atoms with Crippen molar-refractivity contribution in [1.29, 1.82) is 0 Å². The van der Waals surface area contributed by atoms with Crippen molar-refractivity contribution in [3.05, 3.63) is 0 Å². The molecule has 1 atom stereocenters.